The van der Waals surface area contributed by atoms with Gasteiger partial charge in [-0.05, 0) is 45.1 Å². The van der Waals surface area contributed by atoms with E-state index in [4.69, 9.17) is 0 Å². The van der Waals surface area contributed by atoms with Gasteiger partial charge < -0.3 is 9.47 Å². The van der Waals surface area contributed by atoms with Crippen LogP contribution in [-0.4, -0.2) is 43.4 Å². The summed E-state index contributed by atoms with van der Waals surface area (Å²) in [6.45, 7) is 7.98. The van der Waals surface area contributed by atoms with Gasteiger partial charge in [0.15, 0.2) is 5.16 Å². The molecule has 0 saturated carbocycles. The lowest BCUT2D eigenvalue weighted by atomic mass is 10.00. The van der Waals surface area contributed by atoms with E-state index >= 15 is 0 Å². The number of carbonyl (C=O) groups excluding carboxylic acids is 1. The number of hydrogen-bond acceptors (Lipinski definition) is 4. The summed E-state index contributed by atoms with van der Waals surface area (Å²) in [5, 5.41) is 9.50. The van der Waals surface area contributed by atoms with Gasteiger partial charge in [-0.25, -0.2) is 0 Å². The quantitative estimate of drug-likeness (QED) is 0.671. The number of aromatic nitrogens is 3. The van der Waals surface area contributed by atoms with E-state index in [0.717, 1.165) is 49.8 Å². The van der Waals surface area contributed by atoms with Gasteiger partial charge >= 0.3 is 0 Å². The fourth-order valence-electron chi connectivity index (χ4n) is 3.79. The fraction of sp³-hybridized carbons (Fsp3) is 0.571. The van der Waals surface area contributed by atoms with E-state index in [1.807, 2.05) is 25.1 Å². The van der Waals surface area contributed by atoms with Crippen molar-refractivity contribution in [3.8, 4) is 0 Å². The summed E-state index contributed by atoms with van der Waals surface area (Å²) in [7, 11) is 0. The molecule has 1 fully saturated rings. The minimum absolute atomic E-state index is 0.142. The summed E-state index contributed by atoms with van der Waals surface area (Å²) in [5.74, 6) is 1.19. The molecule has 27 heavy (non-hydrogen) atoms. The third-order valence-corrected chi connectivity index (χ3v) is 6.39. The van der Waals surface area contributed by atoms with Crippen molar-refractivity contribution in [2.45, 2.75) is 75.9 Å². The molecule has 146 valence electrons. The topological polar surface area (TPSA) is 51.0 Å². The minimum Gasteiger partial charge on any atom is -0.339 e. The normalized spacial score (nSPS) is 18.5. The molecule has 0 spiro atoms. The van der Waals surface area contributed by atoms with Gasteiger partial charge in [-0.15, -0.1) is 10.2 Å². The van der Waals surface area contributed by atoms with Crippen molar-refractivity contribution in [3.63, 3.8) is 0 Å². The highest BCUT2D eigenvalue weighted by molar-refractivity contribution is 8.00. The van der Waals surface area contributed by atoms with E-state index in [9.17, 15) is 4.79 Å². The highest BCUT2D eigenvalue weighted by Gasteiger charge is 2.30. The summed E-state index contributed by atoms with van der Waals surface area (Å²) >= 11 is 1.54. The molecule has 1 aliphatic rings. The lowest BCUT2D eigenvalue weighted by Crippen LogP contribution is -2.46. The Kier molecular flexibility index (Phi) is 6.94. The Morgan fingerprint density at radius 3 is 2.70 bits per heavy atom. The van der Waals surface area contributed by atoms with Crippen molar-refractivity contribution in [3.05, 3.63) is 41.7 Å². The smallest absolute Gasteiger partial charge is 0.236 e. The van der Waals surface area contributed by atoms with E-state index in [2.05, 4.69) is 45.6 Å². The molecule has 5 nitrogen and oxygen atoms in total. The lowest BCUT2D eigenvalue weighted by molar-refractivity contribution is -0.134. The molecule has 1 aliphatic heterocycles. The highest BCUT2D eigenvalue weighted by Crippen LogP contribution is 2.28. The number of rotatable bonds is 7. The third kappa shape index (κ3) is 4.72. The largest absolute Gasteiger partial charge is 0.339 e. The maximum atomic E-state index is 13.0. The number of likely N-dealkylation sites (tertiary alicyclic amines) is 1. The second-order valence-corrected chi connectivity index (χ2v) is 8.46. The maximum absolute atomic E-state index is 13.0. The number of nitrogens with zero attached hydrogens (tertiary/aromatic N) is 4. The van der Waals surface area contributed by atoms with Crippen molar-refractivity contribution < 1.29 is 4.79 Å². The Morgan fingerprint density at radius 1 is 1.22 bits per heavy atom. The van der Waals surface area contributed by atoms with Crippen LogP contribution < -0.4 is 0 Å². The van der Waals surface area contributed by atoms with E-state index < -0.39 is 0 Å². The number of hydrogen-bond donors (Lipinski definition) is 0. The number of benzene rings is 1. The zero-order chi connectivity index (χ0) is 19.2. The van der Waals surface area contributed by atoms with Crippen LogP contribution in [0.2, 0.25) is 0 Å². The molecule has 2 aromatic rings. The first-order valence-electron chi connectivity index (χ1n) is 10.1. The first-order valence-corrected chi connectivity index (χ1v) is 10.9. The molecule has 2 unspecified atom stereocenters. The first kappa shape index (κ1) is 19.9. The van der Waals surface area contributed by atoms with Gasteiger partial charge in [0.05, 0.1) is 5.25 Å². The molecule has 2 heterocycles. The van der Waals surface area contributed by atoms with Gasteiger partial charge in [-0.1, -0.05) is 49.0 Å². The number of carbonyl (C=O) groups is 1. The monoisotopic (exact) mass is 386 g/mol. The van der Waals surface area contributed by atoms with Crippen LogP contribution in [0.15, 0.2) is 35.5 Å². The Bertz CT molecular complexity index is 746. The molecule has 0 N–H and O–H groups in total. The van der Waals surface area contributed by atoms with Crippen LogP contribution in [0, 0.1) is 0 Å². The predicted molar refractivity (Wildman–Crippen MR) is 110 cm³/mol. The molecule has 0 bridgehead atoms. The summed E-state index contributed by atoms with van der Waals surface area (Å²) in [6.07, 6.45) is 5.28. The zero-order valence-corrected chi connectivity index (χ0v) is 17.4. The van der Waals surface area contributed by atoms with Crippen molar-refractivity contribution in [2.75, 3.05) is 6.54 Å². The first-order chi connectivity index (χ1) is 13.1. The summed E-state index contributed by atoms with van der Waals surface area (Å²) in [6, 6.07) is 10.7. The van der Waals surface area contributed by atoms with E-state index in [0.29, 0.717) is 6.04 Å². The van der Waals surface area contributed by atoms with E-state index in [-0.39, 0.29) is 11.2 Å². The Hall–Kier alpha value is -1.82. The molecule has 1 aromatic heterocycles. The van der Waals surface area contributed by atoms with Crippen molar-refractivity contribution in [1.29, 1.82) is 0 Å². The number of amides is 1. The molecule has 1 aromatic carbocycles. The molecule has 1 amide bonds. The van der Waals surface area contributed by atoms with Gasteiger partial charge in [0.2, 0.25) is 5.91 Å². The lowest BCUT2D eigenvalue weighted by Gasteiger charge is -2.36. The minimum atomic E-state index is -0.142. The van der Waals surface area contributed by atoms with E-state index in [1.165, 1.54) is 23.7 Å². The predicted octanol–water partition coefficient (Wildman–Crippen LogP) is 4.16. The van der Waals surface area contributed by atoms with Crippen LogP contribution >= 0.6 is 11.8 Å². The number of thioether (sulfide) groups is 1. The molecular formula is C21H30N4OS. The molecule has 0 aliphatic carbocycles. The standard InChI is InChI=1S/C21H30N4OS/c1-4-18-13-9-10-14-25(18)20(26)16(3)27-21-23-22-19(24(21)5-2)15-17-11-7-6-8-12-17/h6-8,11-12,16,18H,4-5,9-10,13-15H2,1-3H3. The zero-order valence-electron chi connectivity index (χ0n) is 16.6. The maximum Gasteiger partial charge on any atom is 0.236 e. The summed E-state index contributed by atoms with van der Waals surface area (Å²) in [4.78, 5) is 15.1. The molecule has 0 radical (unpaired) electrons. The third-order valence-electron chi connectivity index (χ3n) is 5.33. The summed E-state index contributed by atoms with van der Waals surface area (Å²) in [5.41, 5.74) is 1.22. The van der Waals surface area contributed by atoms with Crippen LogP contribution in [-0.2, 0) is 17.8 Å². The fourth-order valence-corrected chi connectivity index (χ4v) is 4.79. The van der Waals surface area contributed by atoms with Gasteiger partial charge in [-0.2, -0.15) is 0 Å². The molecular weight excluding hydrogens is 356 g/mol. The highest BCUT2D eigenvalue weighted by atomic mass is 32.2. The van der Waals surface area contributed by atoms with Crippen molar-refractivity contribution in [2.24, 2.45) is 0 Å². The average molecular weight is 387 g/mol. The Morgan fingerprint density at radius 2 is 2.00 bits per heavy atom. The van der Waals surface area contributed by atoms with Crippen LogP contribution in [0.5, 0.6) is 0 Å². The second kappa shape index (κ2) is 9.40. The van der Waals surface area contributed by atoms with Gasteiger partial charge in [0, 0.05) is 25.6 Å². The molecule has 2 atom stereocenters. The molecule has 3 rings (SSSR count). The van der Waals surface area contributed by atoms with Crippen molar-refractivity contribution >= 4 is 17.7 Å². The van der Waals surface area contributed by atoms with Crippen molar-refractivity contribution in [1.82, 2.24) is 19.7 Å². The van der Waals surface area contributed by atoms with Gasteiger partial charge in [0.1, 0.15) is 5.82 Å². The number of piperidine rings is 1. The second-order valence-electron chi connectivity index (χ2n) is 7.16. The Balaban J connectivity index is 1.70. The SMILES string of the molecule is CCC1CCCCN1C(=O)C(C)Sc1nnc(Cc2ccccc2)n1CC. The average Bonchev–Trinajstić information content (AvgIpc) is 3.09. The van der Waals surface area contributed by atoms with Gasteiger partial charge in [-0.3, -0.25) is 4.79 Å². The Labute approximate surface area is 166 Å². The van der Waals surface area contributed by atoms with Gasteiger partial charge in [0.25, 0.3) is 0 Å². The molecule has 6 heteroatoms. The van der Waals surface area contributed by atoms with Crippen LogP contribution in [0.3, 0.4) is 0 Å². The van der Waals surface area contributed by atoms with Crippen LogP contribution in [0.25, 0.3) is 0 Å². The van der Waals surface area contributed by atoms with Crippen LogP contribution in [0.1, 0.15) is 57.8 Å². The van der Waals surface area contributed by atoms with E-state index in [1.54, 1.807) is 0 Å². The van der Waals surface area contributed by atoms with Crippen LogP contribution in [0.4, 0.5) is 0 Å². The summed E-state index contributed by atoms with van der Waals surface area (Å²) < 4.78 is 2.13. The molecule has 1 saturated heterocycles.